The smallest absolute Gasteiger partial charge is 0.321 e. The summed E-state index contributed by atoms with van der Waals surface area (Å²) in [4.78, 5) is 32.4. The van der Waals surface area contributed by atoms with Gasteiger partial charge in [-0.05, 0) is 42.3 Å². The van der Waals surface area contributed by atoms with Crippen molar-refractivity contribution in [1.29, 1.82) is 0 Å². The summed E-state index contributed by atoms with van der Waals surface area (Å²) in [6, 6.07) is 12.5. The van der Waals surface area contributed by atoms with Gasteiger partial charge in [-0.2, -0.15) is 0 Å². The maximum atomic E-state index is 13.4. The number of amides is 2. The van der Waals surface area contributed by atoms with E-state index in [4.69, 9.17) is 21.3 Å². The summed E-state index contributed by atoms with van der Waals surface area (Å²) in [5.74, 6) is 0.741. The number of ether oxygens (including phenoxy) is 1. The molecular weight excluding hydrogens is 416 g/mol. The molecule has 8 heteroatoms. The molecule has 0 aliphatic carbocycles. The van der Waals surface area contributed by atoms with Crippen molar-refractivity contribution in [3.05, 3.63) is 69.2 Å². The first-order valence-electron chi connectivity index (χ1n) is 10.5. The minimum Gasteiger partial charge on any atom is -0.378 e. The lowest BCUT2D eigenvalue weighted by Gasteiger charge is -2.27. The Morgan fingerprint density at radius 2 is 2.00 bits per heavy atom. The summed E-state index contributed by atoms with van der Waals surface area (Å²) in [6.07, 6.45) is 1.57. The number of hydrogen-bond donors (Lipinski definition) is 1. The van der Waals surface area contributed by atoms with Gasteiger partial charge in [0.15, 0.2) is 0 Å². The van der Waals surface area contributed by atoms with Crippen LogP contribution in [0.3, 0.4) is 0 Å². The van der Waals surface area contributed by atoms with Gasteiger partial charge in [0.2, 0.25) is 0 Å². The Hall–Kier alpha value is -2.90. The van der Waals surface area contributed by atoms with Crippen molar-refractivity contribution in [2.24, 2.45) is 0 Å². The zero-order valence-corrected chi connectivity index (χ0v) is 18.2. The van der Waals surface area contributed by atoms with Gasteiger partial charge in [0.1, 0.15) is 5.82 Å². The van der Waals surface area contributed by atoms with E-state index in [1.165, 1.54) is 0 Å². The zero-order valence-electron chi connectivity index (χ0n) is 17.4. The van der Waals surface area contributed by atoms with Gasteiger partial charge in [0.05, 0.1) is 30.7 Å². The van der Waals surface area contributed by atoms with Crippen LogP contribution in [0.4, 0.5) is 10.5 Å². The number of nitrogens with zero attached hydrogens (tertiary/aromatic N) is 3. The molecule has 0 spiro atoms. The molecule has 0 bridgehead atoms. The van der Waals surface area contributed by atoms with E-state index in [-0.39, 0.29) is 11.6 Å². The van der Waals surface area contributed by atoms with Crippen LogP contribution in [0.25, 0.3) is 10.9 Å². The highest BCUT2D eigenvalue weighted by molar-refractivity contribution is 6.30. The second-order valence-electron chi connectivity index (χ2n) is 7.56. The van der Waals surface area contributed by atoms with Crippen LogP contribution in [0.1, 0.15) is 24.7 Å². The Morgan fingerprint density at radius 1 is 1.19 bits per heavy atom. The molecule has 31 heavy (non-hydrogen) atoms. The van der Waals surface area contributed by atoms with Crippen molar-refractivity contribution < 1.29 is 9.53 Å². The number of morpholine rings is 1. The van der Waals surface area contributed by atoms with Crippen LogP contribution < -0.4 is 10.9 Å². The van der Waals surface area contributed by atoms with E-state index >= 15 is 0 Å². The number of halogens is 1. The Morgan fingerprint density at radius 3 is 2.74 bits per heavy atom. The molecule has 1 N–H and O–H groups in total. The van der Waals surface area contributed by atoms with Crippen LogP contribution in [0.15, 0.2) is 47.3 Å². The minimum atomic E-state index is -0.197. The minimum absolute atomic E-state index is 0.129. The highest BCUT2D eigenvalue weighted by Crippen LogP contribution is 2.18. The van der Waals surface area contributed by atoms with Crippen molar-refractivity contribution in [1.82, 2.24) is 14.5 Å². The molecule has 7 nitrogen and oxygen atoms in total. The predicted octanol–water partition coefficient (Wildman–Crippen LogP) is 3.91. The molecule has 1 saturated heterocycles. The lowest BCUT2D eigenvalue weighted by atomic mass is 10.1. The quantitative estimate of drug-likeness (QED) is 0.652. The van der Waals surface area contributed by atoms with Gasteiger partial charge < -0.3 is 15.0 Å². The van der Waals surface area contributed by atoms with Crippen LogP contribution in [-0.2, 0) is 17.7 Å². The largest absolute Gasteiger partial charge is 0.378 e. The number of aromatic nitrogens is 2. The number of rotatable bonds is 5. The number of urea groups is 1. The molecule has 4 rings (SSSR count). The Labute approximate surface area is 185 Å². The van der Waals surface area contributed by atoms with Gasteiger partial charge in [-0.3, -0.25) is 9.36 Å². The lowest BCUT2D eigenvalue weighted by molar-refractivity contribution is 0.0564. The Balaban J connectivity index is 1.69. The molecule has 2 amide bonds. The molecular formula is C23H25ClN4O3. The van der Waals surface area contributed by atoms with Gasteiger partial charge in [0, 0.05) is 30.2 Å². The van der Waals surface area contributed by atoms with Crippen molar-refractivity contribution in [2.45, 2.75) is 26.3 Å². The first kappa shape index (κ1) is 21.3. The van der Waals surface area contributed by atoms with E-state index < -0.39 is 0 Å². The molecule has 2 aromatic carbocycles. The van der Waals surface area contributed by atoms with Gasteiger partial charge in [-0.25, -0.2) is 9.78 Å². The topological polar surface area (TPSA) is 76.5 Å². The van der Waals surface area contributed by atoms with Gasteiger partial charge >= 0.3 is 6.03 Å². The van der Waals surface area contributed by atoms with Gasteiger partial charge in [-0.15, -0.1) is 0 Å². The molecule has 0 atom stereocenters. The number of anilines is 1. The summed E-state index contributed by atoms with van der Waals surface area (Å²) in [7, 11) is 0. The Bertz CT molecular complexity index is 1160. The highest BCUT2D eigenvalue weighted by atomic mass is 35.5. The van der Waals surface area contributed by atoms with Crippen LogP contribution >= 0.6 is 11.6 Å². The maximum absolute atomic E-state index is 13.4. The average Bonchev–Trinajstić information content (AvgIpc) is 2.78. The van der Waals surface area contributed by atoms with E-state index in [9.17, 15) is 9.59 Å². The number of carbonyl (C=O) groups is 1. The van der Waals surface area contributed by atoms with Crippen molar-refractivity contribution in [2.75, 3.05) is 31.6 Å². The summed E-state index contributed by atoms with van der Waals surface area (Å²) in [5.41, 5.74) is 2.00. The van der Waals surface area contributed by atoms with Crippen LogP contribution in [0.2, 0.25) is 5.02 Å². The first-order chi connectivity index (χ1) is 15.0. The van der Waals surface area contributed by atoms with Gasteiger partial charge in [-0.1, -0.05) is 30.7 Å². The molecule has 1 aromatic heterocycles. The summed E-state index contributed by atoms with van der Waals surface area (Å²) in [5, 5.41) is 3.99. The van der Waals surface area contributed by atoms with E-state index in [0.29, 0.717) is 60.9 Å². The third kappa shape index (κ3) is 4.89. The second-order valence-corrected chi connectivity index (χ2v) is 8.00. The number of nitrogens with one attached hydrogen (secondary N) is 1. The second kappa shape index (κ2) is 9.49. The Kier molecular flexibility index (Phi) is 6.53. The van der Waals surface area contributed by atoms with Crippen molar-refractivity contribution in [3.63, 3.8) is 0 Å². The van der Waals surface area contributed by atoms with E-state index in [2.05, 4.69) is 12.2 Å². The fourth-order valence-electron chi connectivity index (χ4n) is 3.71. The summed E-state index contributed by atoms with van der Waals surface area (Å²) < 4.78 is 6.99. The monoisotopic (exact) mass is 440 g/mol. The predicted molar refractivity (Wildman–Crippen MR) is 122 cm³/mol. The molecule has 1 fully saturated rings. The molecule has 3 aromatic rings. The number of aryl methyl sites for hydroxylation is 1. The molecule has 0 unspecified atom stereocenters. The first-order valence-corrected chi connectivity index (χ1v) is 10.8. The van der Waals surface area contributed by atoms with Crippen LogP contribution in [-0.4, -0.2) is 46.8 Å². The number of carbonyl (C=O) groups excluding carboxylic acids is 1. The fourth-order valence-corrected chi connectivity index (χ4v) is 3.92. The van der Waals surface area contributed by atoms with Crippen molar-refractivity contribution >= 4 is 34.2 Å². The SMILES string of the molecule is CCCc1nc2ccc(NC(=O)N3CCOCC3)cc2c(=O)n1Cc1cccc(Cl)c1. The van der Waals surface area contributed by atoms with E-state index in [1.807, 2.05) is 24.3 Å². The standard InChI is InChI=1S/C23H25ClN4O3/c1-2-4-21-26-20-8-7-18(25-23(30)27-9-11-31-12-10-27)14-19(20)22(29)28(21)15-16-5-3-6-17(24)13-16/h3,5-8,13-14H,2,4,9-12,15H2,1H3,(H,25,30). The summed E-state index contributed by atoms with van der Waals surface area (Å²) in [6.45, 7) is 4.61. The molecule has 2 heterocycles. The van der Waals surface area contributed by atoms with Crippen LogP contribution in [0.5, 0.6) is 0 Å². The van der Waals surface area contributed by atoms with E-state index in [1.54, 1.807) is 27.7 Å². The number of benzene rings is 2. The maximum Gasteiger partial charge on any atom is 0.321 e. The normalized spacial score (nSPS) is 14.1. The third-order valence-corrected chi connectivity index (χ3v) is 5.52. The van der Waals surface area contributed by atoms with Crippen LogP contribution in [0, 0.1) is 0 Å². The fraction of sp³-hybridized carbons (Fsp3) is 0.348. The lowest BCUT2D eigenvalue weighted by Crippen LogP contribution is -2.43. The summed E-state index contributed by atoms with van der Waals surface area (Å²) >= 11 is 6.13. The molecule has 162 valence electrons. The molecule has 1 aliphatic heterocycles. The van der Waals surface area contributed by atoms with Gasteiger partial charge in [0.25, 0.3) is 5.56 Å². The van der Waals surface area contributed by atoms with Crippen molar-refractivity contribution in [3.8, 4) is 0 Å². The number of fused-ring (bicyclic) bond motifs is 1. The number of hydrogen-bond acceptors (Lipinski definition) is 4. The molecule has 0 radical (unpaired) electrons. The third-order valence-electron chi connectivity index (χ3n) is 5.29. The molecule has 0 saturated carbocycles. The van der Waals surface area contributed by atoms with E-state index in [0.717, 1.165) is 17.8 Å². The average molecular weight is 441 g/mol. The zero-order chi connectivity index (χ0) is 21.8. The highest BCUT2D eigenvalue weighted by Gasteiger charge is 2.18. The molecule has 1 aliphatic rings.